The summed E-state index contributed by atoms with van der Waals surface area (Å²) in [6, 6.07) is 17.1. The molecule has 0 radical (unpaired) electrons. The van der Waals surface area contributed by atoms with Gasteiger partial charge in [-0.3, -0.25) is 0 Å². The lowest BCUT2D eigenvalue weighted by Crippen LogP contribution is -2.53. The van der Waals surface area contributed by atoms with Crippen LogP contribution in [0.2, 0.25) is 6.55 Å². The van der Waals surface area contributed by atoms with Crippen molar-refractivity contribution in [3.8, 4) is 0 Å². The molecule has 0 aliphatic heterocycles. The molecule has 0 unspecified atom stereocenters. The standard InChI is InChI=1S/C25H37NO2Si/c1-19(21-13-17-23(18-14-21)29(10,27-8)28-9)20-11-15-22(16-12-20)26(24(2,3)4)25(5,6)7/h11-18H,1H2,2-10H3. The summed E-state index contributed by atoms with van der Waals surface area (Å²) in [7, 11) is 1.12. The van der Waals surface area contributed by atoms with Gasteiger partial charge in [0.15, 0.2) is 0 Å². The minimum Gasteiger partial charge on any atom is -0.394 e. The molecule has 0 saturated carbocycles. The van der Waals surface area contributed by atoms with E-state index in [1.165, 1.54) is 5.69 Å². The summed E-state index contributed by atoms with van der Waals surface area (Å²) < 4.78 is 11.3. The molecule has 0 heterocycles. The molecule has 0 spiro atoms. The van der Waals surface area contributed by atoms with Crippen LogP contribution in [0, 0.1) is 0 Å². The van der Waals surface area contributed by atoms with Crippen LogP contribution in [0.4, 0.5) is 5.69 Å². The van der Waals surface area contributed by atoms with Crippen molar-refractivity contribution in [2.45, 2.75) is 59.2 Å². The van der Waals surface area contributed by atoms with E-state index in [1.54, 1.807) is 14.2 Å². The predicted octanol–water partition coefficient (Wildman–Crippen LogP) is 5.72. The van der Waals surface area contributed by atoms with Gasteiger partial charge in [-0.1, -0.05) is 43.0 Å². The Morgan fingerprint density at radius 2 is 1.14 bits per heavy atom. The number of nitrogens with zero attached hydrogens (tertiary/aromatic N) is 1. The number of hydrogen-bond donors (Lipinski definition) is 0. The van der Waals surface area contributed by atoms with Crippen LogP contribution in [0.25, 0.3) is 5.57 Å². The molecule has 0 aliphatic rings. The van der Waals surface area contributed by atoms with Gasteiger partial charge in [0, 0.05) is 31.0 Å². The Morgan fingerprint density at radius 1 is 0.759 bits per heavy atom. The highest BCUT2D eigenvalue weighted by atomic mass is 28.4. The molecule has 0 fully saturated rings. The summed E-state index contributed by atoms with van der Waals surface area (Å²) in [6.45, 7) is 19.9. The highest BCUT2D eigenvalue weighted by Gasteiger charge is 2.32. The summed E-state index contributed by atoms with van der Waals surface area (Å²) in [5.74, 6) is 0. The van der Waals surface area contributed by atoms with Crippen LogP contribution in [-0.2, 0) is 8.85 Å². The second-order valence-electron chi connectivity index (χ2n) is 9.63. The average Bonchev–Trinajstić information content (AvgIpc) is 2.65. The third kappa shape index (κ3) is 5.19. The largest absolute Gasteiger partial charge is 0.394 e. The third-order valence-electron chi connectivity index (χ3n) is 5.35. The first-order chi connectivity index (χ1) is 13.3. The minimum absolute atomic E-state index is 0.0336. The van der Waals surface area contributed by atoms with Crippen LogP contribution < -0.4 is 10.1 Å². The van der Waals surface area contributed by atoms with Gasteiger partial charge < -0.3 is 13.8 Å². The Bertz CT molecular complexity index is 809. The molecule has 0 atom stereocenters. The SMILES string of the molecule is C=C(c1ccc(N(C(C)(C)C)C(C)(C)C)cc1)c1ccc([Si](C)(OC)OC)cc1. The van der Waals surface area contributed by atoms with Gasteiger partial charge in [-0.05, 0) is 82.1 Å². The number of anilines is 1. The van der Waals surface area contributed by atoms with Crippen LogP contribution in [0.1, 0.15) is 52.7 Å². The monoisotopic (exact) mass is 411 g/mol. The summed E-state index contributed by atoms with van der Waals surface area (Å²) in [4.78, 5) is 2.46. The van der Waals surface area contributed by atoms with Gasteiger partial charge in [-0.15, -0.1) is 0 Å². The van der Waals surface area contributed by atoms with E-state index in [4.69, 9.17) is 8.85 Å². The van der Waals surface area contributed by atoms with E-state index >= 15 is 0 Å². The van der Waals surface area contributed by atoms with Crippen molar-refractivity contribution in [2.24, 2.45) is 0 Å². The van der Waals surface area contributed by atoms with Crippen LogP contribution in [-0.4, -0.2) is 33.9 Å². The zero-order chi connectivity index (χ0) is 22.0. The van der Waals surface area contributed by atoms with Crippen LogP contribution in [0.15, 0.2) is 55.1 Å². The first-order valence-corrected chi connectivity index (χ1v) is 12.5. The summed E-state index contributed by atoms with van der Waals surface area (Å²) in [5, 5.41) is 1.11. The molecule has 0 aromatic heterocycles. The van der Waals surface area contributed by atoms with E-state index in [2.05, 4.69) is 102 Å². The Morgan fingerprint density at radius 3 is 1.48 bits per heavy atom. The Balaban J connectivity index is 2.29. The maximum absolute atomic E-state index is 5.64. The highest BCUT2D eigenvalue weighted by Crippen LogP contribution is 2.33. The van der Waals surface area contributed by atoms with Gasteiger partial charge >= 0.3 is 8.56 Å². The number of rotatable bonds is 6. The minimum atomic E-state index is -2.30. The molecular weight excluding hydrogens is 374 g/mol. The molecule has 0 saturated heterocycles. The molecule has 3 nitrogen and oxygen atoms in total. The molecule has 158 valence electrons. The molecule has 0 N–H and O–H groups in total. The molecule has 29 heavy (non-hydrogen) atoms. The maximum Gasteiger partial charge on any atom is 0.368 e. The fourth-order valence-corrected chi connectivity index (χ4v) is 5.46. The van der Waals surface area contributed by atoms with Crippen molar-refractivity contribution in [1.29, 1.82) is 0 Å². The van der Waals surface area contributed by atoms with E-state index in [9.17, 15) is 0 Å². The zero-order valence-electron chi connectivity index (χ0n) is 19.6. The predicted molar refractivity (Wildman–Crippen MR) is 128 cm³/mol. The van der Waals surface area contributed by atoms with Crippen LogP contribution in [0.3, 0.4) is 0 Å². The summed E-state index contributed by atoms with van der Waals surface area (Å²) in [6.07, 6.45) is 0. The molecule has 2 aromatic carbocycles. The Hall–Kier alpha value is -1.88. The first kappa shape index (κ1) is 23.4. The van der Waals surface area contributed by atoms with Crippen molar-refractivity contribution in [3.63, 3.8) is 0 Å². The van der Waals surface area contributed by atoms with Crippen LogP contribution >= 0.6 is 0 Å². The van der Waals surface area contributed by atoms with Gasteiger partial charge in [0.25, 0.3) is 0 Å². The van der Waals surface area contributed by atoms with Gasteiger partial charge in [0.1, 0.15) is 0 Å². The molecule has 2 rings (SSSR count). The highest BCUT2D eigenvalue weighted by molar-refractivity contribution is 6.79. The van der Waals surface area contributed by atoms with Crippen molar-refractivity contribution in [2.75, 3.05) is 19.1 Å². The van der Waals surface area contributed by atoms with E-state index < -0.39 is 8.56 Å². The molecule has 0 aliphatic carbocycles. The zero-order valence-corrected chi connectivity index (χ0v) is 20.6. The maximum atomic E-state index is 5.64. The van der Waals surface area contributed by atoms with E-state index in [1.807, 2.05) is 6.55 Å². The van der Waals surface area contributed by atoms with Crippen molar-refractivity contribution in [1.82, 2.24) is 0 Å². The smallest absolute Gasteiger partial charge is 0.368 e. The lowest BCUT2D eigenvalue weighted by Gasteiger charge is -2.47. The first-order valence-electron chi connectivity index (χ1n) is 10.1. The van der Waals surface area contributed by atoms with Gasteiger partial charge in [0.05, 0.1) is 0 Å². The van der Waals surface area contributed by atoms with Crippen LogP contribution in [0.5, 0.6) is 0 Å². The third-order valence-corrected chi connectivity index (χ3v) is 8.29. The summed E-state index contributed by atoms with van der Waals surface area (Å²) in [5.41, 5.74) is 4.53. The van der Waals surface area contributed by atoms with Crippen molar-refractivity contribution >= 4 is 25.0 Å². The molecule has 4 heteroatoms. The second kappa shape index (κ2) is 8.47. The fourth-order valence-electron chi connectivity index (χ4n) is 4.05. The topological polar surface area (TPSA) is 21.7 Å². The van der Waals surface area contributed by atoms with Gasteiger partial charge in [-0.2, -0.15) is 0 Å². The summed E-state index contributed by atoms with van der Waals surface area (Å²) >= 11 is 0. The van der Waals surface area contributed by atoms with Gasteiger partial charge in [-0.25, -0.2) is 0 Å². The lowest BCUT2D eigenvalue weighted by molar-refractivity contribution is 0.265. The average molecular weight is 412 g/mol. The number of hydrogen-bond acceptors (Lipinski definition) is 3. The van der Waals surface area contributed by atoms with Crippen molar-refractivity contribution < 1.29 is 8.85 Å². The van der Waals surface area contributed by atoms with E-state index in [-0.39, 0.29) is 11.1 Å². The Kier molecular flexibility index (Phi) is 6.83. The fraction of sp³-hybridized carbons (Fsp3) is 0.440. The number of benzene rings is 2. The Labute approximate surface area is 178 Å². The lowest BCUT2D eigenvalue weighted by atomic mass is 9.93. The van der Waals surface area contributed by atoms with Gasteiger partial charge in [0.2, 0.25) is 0 Å². The molecular formula is C25H37NO2Si. The molecule has 0 amide bonds. The van der Waals surface area contributed by atoms with E-state index in [0.29, 0.717) is 0 Å². The molecule has 0 bridgehead atoms. The molecule has 2 aromatic rings. The second-order valence-corrected chi connectivity index (χ2v) is 12.9. The quantitative estimate of drug-likeness (QED) is 0.567. The normalized spacial score (nSPS) is 12.7. The van der Waals surface area contributed by atoms with Crippen molar-refractivity contribution in [3.05, 3.63) is 66.2 Å². The van der Waals surface area contributed by atoms with E-state index in [0.717, 1.165) is 21.9 Å².